The normalized spacial score (nSPS) is 14.5. The van der Waals surface area contributed by atoms with Crippen molar-refractivity contribution < 1.29 is 23.6 Å². The highest BCUT2D eigenvalue weighted by atomic mass is 31.2. The van der Waals surface area contributed by atoms with Gasteiger partial charge in [0.25, 0.3) is 0 Å². The molecule has 1 rings (SSSR count). The van der Waals surface area contributed by atoms with Crippen molar-refractivity contribution in [3.63, 3.8) is 0 Å². The molecule has 0 aliphatic carbocycles. The Morgan fingerprint density at radius 1 is 1.24 bits per heavy atom. The fourth-order valence-corrected chi connectivity index (χ4v) is 1.86. The lowest BCUT2D eigenvalue weighted by Crippen LogP contribution is -1.97. The van der Waals surface area contributed by atoms with Gasteiger partial charge in [0.15, 0.2) is 0 Å². The number of phenolic OH excluding ortho intramolecular Hbond substituents is 1. The molecule has 1 atom stereocenters. The van der Waals surface area contributed by atoms with Gasteiger partial charge in [-0.3, -0.25) is 9.05 Å². The first kappa shape index (κ1) is 14.2. The van der Waals surface area contributed by atoms with E-state index in [2.05, 4.69) is 0 Å². The zero-order chi connectivity index (χ0) is 12.7. The van der Waals surface area contributed by atoms with E-state index >= 15 is 0 Å². The molecule has 0 aromatic heterocycles. The van der Waals surface area contributed by atoms with Crippen molar-refractivity contribution in [2.75, 3.05) is 6.61 Å². The summed E-state index contributed by atoms with van der Waals surface area (Å²) in [6.07, 6.45) is 1.60. The van der Waals surface area contributed by atoms with Gasteiger partial charge in [-0.1, -0.05) is 25.5 Å². The molecule has 2 N–H and O–H groups in total. The van der Waals surface area contributed by atoms with Crippen molar-refractivity contribution >= 4 is 7.82 Å². The Labute approximate surface area is 101 Å². The van der Waals surface area contributed by atoms with Crippen LogP contribution in [0.1, 0.15) is 25.3 Å². The number of hydrogen-bond donors (Lipinski definition) is 2. The largest absolute Gasteiger partial charge is 0.508 e. The van der Waals surface area contributed by atoms with Crippen LogP contribution in [-0.4, -0.2) is 16.6 Å². The predicted octanol–water partition coefficient (Wildman–Crippen LogP) is 2.83. The van der Waals surface area contributed by atoms with Crippen molar-refractivity contribution in [2.45, 2.75) is 26.4 Å². The van der Waals surface area contributed by atoms with Crippen molar-refractivity contribution in [1.82, 2.24) is 0 Å². The second-order valence-corrected chi connectivity index (χ2v) is 5.05. The molecule has 6 heteroatoms. The van der Waals surface area contributed by atoms with E-state index in [-0.39, 0.29) is 19.0 Å². The second-order valence-electron chi connectivity index (χ2n) is 3.60. The highest BCUT2D eigenvalue weighted by molar-refractivity contribution is 7.47. The molecule has 0 aliphatic heterocycles. The summed E-state index contributed by atoms with van der Waals surface area (Å²) in [6.45, 7) is 2.14. The van der Waals surface area contributed by atoms with Crippen LogP contribution in [0.3, 0.4) is 0 Å². The van der Waals surface area contributed by atoms with Crippen LogP contribution in [0.2, 0.25) is 0 Å². The van der Waals surface area contributed by atoms with E-state index in [1.54, 1.807) is 12.1 Å². The molecule has 0 bridgehead atoms. The van der Waals surface area contributed by atoms with Gasteiger partial charge >= 0.3 is 7.82 Å². The quantitative estimate of drug-likeness (QED) is 0.582. The molecule has 1 aromatic carbocycles. The summed E-state index contributed by atoms with van der Waals surface area (Å²) in [5.41, 5.74) is 0.691. The number of rotatable bonds is 7. The molecule has 17 heavy (non-hydrogen) atoms. The fraction of sp³-hybridized carbons (Fsp3) is 0.455. The summed E-state index contributed by atoms with van der Waals surface area (Å²) < 4.78 is 21.0. The summed E-state index contributed by atoms with van der Waals surface area (Å²) in [5.74, 6) is 0.139. The summed E-state index contributed by atoms with van der Waals surface area (Å²) in [4.78, 5) is 9.32. The van der Waals surface area contributed by atoms with Crippen LogP contribution in [-0.2, 0) is 20.2 Å². The summed E-state index contributed by atoms with van der Waals surface area (Å²) >= 11 is 0. The molecule has 0 radical (unpaired) electrons. The van der Waals surface area contributed by atoms with E-state index in [4.69, 9.17) is 14.2 Å². The van der Waals surface area contributed by atoms with Crippen LogP contribution in [0.4, 0.5) is 0 Å². The number of unbranched alkanes of at least 4 members (excludes halogenated alkanes) is 1. The minimum absolute atomic E-state index is 0.0276. The summed E-state index contributed by atoms with van der Waals surface area (Å²) in [5, 5.41) is 9.06. The number of benzene rings is 1. The molecule has 0 amide bonds. The van der Waals surface area contributed by atoms with Crippen molar-refractivity contribution in [3.8, 4) is 5.75 Å². The molecule has 0 saturated carbocycles. The zero-order valence-electron chi connectivity index (χ0n) is 9.70. The van der Waals surface area contributed by atoms with Crippen LogP contribution in [0.15, 0.2) is 24.3 Å². The average molecular weight is 260 g/mol. The molecular weight excluding hydrogens is 243 g/mol. The Balaban J connectivity index is 2.38. The van der Waals surface area contributed by atoms with E-state index < -0.39 is 7.82 Å². The van der Waals surface area contributed by atoms with E-state index in [0.29, 0.717) is 12.0 Å². The van der Waals surface area contributed by atoms with Crippen LogP contribution >= 0.6 is 7.82 Å². The molecule has 1 aromatic rings. The smallest absolute Gasteiger partial charge is 0.472 e. The standard InChI is InChI=1S/C11H17O5P/c1-2-3-8-15-17(13,14)16-9-10-4-6-11(12)7-5-10/h4-7,12H,2-3,8-9H2,1H3,(H,13,14). The maximum Gasteiger partial charge on any atom is 0.472 e. The first-order chi connectivity index (χ1) is 8.03. The highest BCUT2D eigenvalue weighted by Crippen LogP contribution is 2.44. The number of phenols is 1. The Hall–Kier alpha value is -0.870. The summed E-state index contributed by atoms with van der Waals surface area (Å²) in [6, 6.07) is 6.20. The minimum Gasteiger partial charge on any atom is -0.508 e. The molecule has 0 heterocycles. The third kappa shape index (κ3) is 5.84. The predicted molar refractivity (Wildman–Crippen MR) is 63.6 cm³/mol. The van der Waals surface area contributed by atoms with Gasteiger partial charge in [-0.2, -0.15) is 0 Å². The second kappa shape index (κ2) is 6.77. The van der Waals surface area contributed by atoms with Crippen molar-refractivity contribution in [1.29, 1.82) is 0 Å². The number of phosphoric acid groups is 1. The molecule has 5 nitrogen and oxygen atoms in total. The molecular formula is C11H17O5P. The van der Waals surface area contributed by atoms with Gasteiger partial charge < -0.3 is 10.00 Å². The van der Waals surface area contributed by atoms with Crippen LogP contribution < -0.4 is 0 Å². The average Bonchev–Trinajstić information content (AvgIpc) is 2.29. The number of hydrogen-bond acceptors (Lipinski definition) is 4. The van der Waals surface area contributed by atoms with Crippen molar-refractivity contribution in [3.05, 3.63) is 29.8 Å². The van der Waals surface area contributed by atoms with Gasteiger partial charge in [0.05, 0.1) is 13.2 Å². The maximum atomic E-state index is 11.4. The van der Waals surface area contributed by atoms with Gasteiger partial charge in [-0.15, -0.1) is 0 Å². The molecule has 0 fully saturated rings. The zero-order valence-corrected chi connectivity index (χ0v) is 10.6. The molecule has 0 aliphatic rings. The topological polar surface area (TPSA) is 76.0 Å². The van der Waals surface area contributed by atoms with Gasteiger partial charge in [0, 0.05) is 0 Å². The summed E-state index contributed by atoms with van der Waals surface area (Å²) in [7, 11) is -3.96. The van der Waals surface area contributed by atoms with Crippen LogP contribution in [0, 0.1) is 0 Å². The van der Waals surface area contributed by atoms with Gasteiger partial charge in [0.2, 0.25) is 0 Å². The first-order valence-corrected chi connectivity index (χ1v) is 6.93. The Kier molecular flexibility index (Phi) is 5.65. The fourth-order valence-electron chi connectivity index (χ4n) is 1.11. The van der Waals surface area contributed by atoms with E-state index in [1.807, 2.05) is 6.92 Å². The van der Waals surface area contributed by atoms with Crippen molar-refractivity contribution in [2.24, 2.45) is 0 Å². The third-order valence-corrected chi connectivity index (χ3v) is 3.05. The molecule has 0 saturated heterocycles. The Morgan fingerprint density at radius 2 is 1.88 bits per heavy atom. The number of phosphoric ester groups is 1. The lowest BCUT2D eigenvalue weighted by atomic mass is 10.2. The first-order valence-electron chi connectivity index (χ1n) is 5.43. The molecule has 96 valence electrons. The Bertz CT molecular complexity index is 376. The minimum atomic E-state index is -3.96. The number of aromatic hydroxyl groups is 1. The van der Waals surface area contributed by atoms with E-state index in [0.717, 1.165) is 6.42 Å². The maximum absolute atomic E-state index is 11.4. The molecule has 1 unspecified atom stereocenters. The Morgan fingerprint density at radius 3 is 2.47 bits per heavy atom. The van der Waals surface area contributed by atoms with E-state index in [1.165, 1.54) is 12.1 Å². The SMILES string of the molecule is CCCCOP(=O)(O)OCc1ccc(O)cc1. The van der Waals surface area contributed by atoms with E-state index in [9.17, 15) is 9.46 Å². The van der Waals surface area contributed by atoms with Gasteiger partial charge in [-0.05, 0) is 24.1 Å². The highest BCUT2D eigenvalue weighted by Gasteiger charge is 2.20. The molecule has 0 spiro atoms. The van der Waals surface area contributed by atoms with Crippen LogP contribution in [0.25, 0.3) is 0 Å². The lowest BCUT2D eigenvalue weighted by Gasteiger charge is -2.11. The monoisotopic (exact) mass is 260 g/mol. The van der Waals surface area contributed by atoms with Crippen LogP contribution in [0.5, 0.6) is 5.75 Å². The van der Waals surface area contributed by atoms with Gasteiger partial charge in [-0.25, -0.2) is 4.57 Å². The van der Waals surface area contributed by atoms with Gasteiger partial charge in [0.1, 0.15) is 5.75 Å². The lowest BCUT2D eigenvalue weighted by molar-refractivity contribution is 0.142. The third-order valence-electron chi connectivity index (χ3n) is 2.08.